The van der Waals surface area contributed by atoms with Crippen LogP contribution in [0.25, 0.3) is 20.9 Å². The molecule has 0 fully saturated rings. The highest BCUT2D eigenvalue weighted by atomic mass is 32.1. The molecule has 0 saturated carbocycles. The molecule has 0 N–H and O–H groups in total. The highest BCUT2D eigenvalue weighted by Crippen LogP contribution is 2.37. The molecule has 23 heavy (non-hydrogen) atoms. The van der Waals surface area contributed by atoms with E-state index in [1.54, 1.807) is 16.2 Å². The van der Waals surface area contributed by atoms with Crippen LogP contribution in [0.1, 0.15) is 25.1 Å². The van der Waals surface area contributed by atoms with E-state index in [4.69, 9.17) is 5.53 Å². The van der Waals surface area contributed by atoms with E-state index in [0.717, 1.165) is 21.0 Å². The lowest BCUT2D eigenvalue weighted by molar-refractivity contribution is -0.118. The highest BCUT2D eigenvalue weighted by Gasteiger charge is 2.23. The van der Waals surface area contributed by atoms with E-state index in [1.165, 1.54) is 0 Å². The minimum absolute atomic E-state index is 0.0335. The topological polar surface area (TPSA) is 69.1 Å². The zero-order chi connectivity index (χ0) is 16.8. The molecule has 2 aromatic rings. The Hall–Kier alpha value is -2.30. The van der Waals surface area contributed by atoms with Crippen LogP contribution in [0.2, 0.25) is 0 Å². The second-order valence-corrected chi connectivity index (χ2v) is 6.55. The smallest absolute Gasteiger partial charge is 0.226 e. The predicted molar refractivity (Wildman–Crippen MR) is 95.7 cm³/mol. The van der Waals surface area contributed by atoms with Crippen LogP contribution in [0.15, 0.2) is 41.5 Å². The van der Waals surface area contributed by atoms with Crippen LogP contribution in [0.5, 0.6) is 0 Å². The van der Waals surface area contributed by atoms with E-state index in [2.05, 4.69) is 28.2 Å². The van der Waals surface area contributed by atoms with Crippen molar-refractivity contribution in [3.63, 3.8) is 0 Å². The van der Waals surface area contributed by atoms with Crippen LogP contribution in [0, 0.1) is 6.92 Å². The maximum atomic E-state index is 12.4. The maximum Gasteiger partial charge on any atom is 0.226 e. The number of nitrogens with zero attached hydrogens (tertiary/aromatic N) is 4. The van der Waals surface area contributed by atoms with Gasteiger partial charge in [-0.05, 0) is 31.0 Å². The SMILES string of the molecule is CCC(=O)N(c1cc(-c2ccccc2)sc1C)C(C)CN=[N+]=[N-]. The number of thiophene rings is 1. The van der Waals surface area contributed by atoms with E-state index < -0.39 is 0 Å². The first kappa shape index (κ1) is 17.1. The third-order valence-electron chi connectivity index (χ3n) is 3.63. The Bertz CT molecular complexity index is 719. The van der Waals surface area contributed by atoms with Crippen molar-refractivity contribution in [2.75, 3.05) is 11.4 Å². The Labute approximate surface area is 140 Å². The van der Waals surface area contributed by atoms with Crippen LogP contribution in [0.3, 0.4) is 0 Å². The van der Waals surface area contributed by atoms with Crippen molar-refractivity contribution >= 4 is 22.9 Å². The first-order valence-electron chi connectivity index (χ1n) is 7.57. The molecule has 1 atom stereocenters. The molecule has 1 heterocycles. The van der Waals surface area contributed by atoms with Crippen LogP contribution in [-0.2, 0) is 4.79 Å². The minimum atomic E-state index is -0.171. The monoisotopic (exact) mass is 328 g/mol. The largest absolute Gasteiger partial charge is 0.308 e. The summed E-state index contributed by atoms with van der Waals surface area (Å²) < 4.78 is 0. The molecule has 0 radical (unpaired) electrons. The lowest BCUT2D eigenvalue weighted by atomic mass is 10.1. The van der Waals surface area contributed by atoms with E-state index in [0.29, 0.717) is 6.42 Å². The van der Waals surface area contributed by atoms with Crippen molar-refractivity contribution in [3.05, 3.63) is 51.7 Å². The highest BCUT2D eigenvalue weighted by molar-refractivity contribution is 7.16. The first-order valence-corrected chi connectivity index (χ1v) is 8.38. The summed E-state index contributed by atoms with van der Waals surface area (Å²) in [6.45, 7) is 6.03. The van der Waals surface area contributed by atoms with Gasteiger partial charge in [-0.2, -0.15) is 0 Å². The first-order chi connectivity index (χ1) is 11.1. The Kier molecular flexibility index (Phi) is 5.79. The van der Waals surface area contributed by atoms with Crippen molar-refractivity contribution in [1.29, 1.82) is 0 Å². The third-order valence-corrected chi connectivity index (χ3v) is 4.72. The van der Waals surface area contributed by atoms with Gasteiger partial charge in [0, 0.05) is 33.7 Å². The van der Waals surface area contributed by atoms with Crippen molar-refractivity contribution in [3.8, 4) is 10.4 Å². The van der Waals surface area contributed by atoms with E-state index in [-0.39, 0.29) is 18.5 Å². The van der Waals surface area contributed by atoms with Gasteiger partial charge in [0.25, 0.3) is 0 Å². The molecule has 0 spiro atoms. The van der Waals surface area contributed by atoms with Gasteiger partial charge in [0.2, 0.25) is 5.91 Å². The standard InChI is InChI=1S/C17H20N4OS/c1-4-17(22)21(12(2)11-19-20-18)15-10-16(23-13(15)3)14-8-6-5-7-9-14/h5-10,12H,4,11H2,1-3H3. The number of azide groups is 1. The molecule has 5 nitrogen and oxygen atoms in total. The minimum Gasteiger partial charge on any atom is -0.308 e. The van der Waals surface area contributed by atoms with Crippen LogP contribution in [-0.4, -0.2) is 18.5 Å². The normalized spacial score (nSPS) is 11.6. The van der Waals surface area contributed by atoms with Crippen LogP contribution >= 0.6 is 11.3 Å². The molecule has 0 aliphatic carbocycles. The number of aryl methyl sites for hydroxylation is 1. The molecule has 0 aliphatic heterocycles. The Morgan fingerprint density at radius 3 is 2.70 bits per heavy atom. The lowest BCUT2D eigenvalue weighted by Crippen LogP contribution is -2.40. The zero-order valence-electron chi connectivity index (χ0n) is 13.6. The van der Waals surface area contributed by atoms with Gasteiger partial charge in [-0.25, -0.2) is 0 Å². The van der Waals surface area contributed by atoms with Gasteiger partial charge in [0.15, 0.2) is 0 Å². The molecule has 2 rings (SSSR count). The Morgan fingerprint density at radius 1 is 1.39 bits per heavy atom. The molecule has 6 heteroatoms. The average Bonchev–Trinajstić information content (AvgIpc) is 2.95. The number of carbonyl (C=O) groups is 1. The number of amides is 1. The molecule has 1 amide bonds. The number of hydrogen-bond acceptors (Lipinski definition) is 3. The van der Waals surface area contributed by atoms with Gasteiger partial charge in [0.05, 0.1) is 5.69 Å². The van der Waals surface area contributed by atoms with E-state index in [9.17, 15) is 4.79 Å². The Balaban J connectivity index is 2.41. The van der Waals surface area contributed by atoms with Crippen LogP contribution < -0.4 is 4.90 Å². The molecule has 0 bridgehead atoms. The fourth-order valence-corrected chi connectivity index (χ4v) is 3.50. The van der Waals surface area contributed by atoms with Gasteiger partial charge in [-0.3, -0.25) is 4.79 Å². The van der Waals surface area contributed by atoms with Crippen molar-refractivity contribution < 1.29 is 4.79 Å². The molecule has 1 aromatic carbocycles. The fourth-order valence-electron chi connectivity index (χ4n) is 2.48. The van der Waals surface area contributed by atoms with Gasteiger partial charge >= 0.3 is 0 Å². The summed E-state index contributed by atoms with van der Waals surface area (Å²) in [6, 6.07) is 12.0. The van der Waals surface area contributed by atoms with Gasteiger partial charge in [-0.15, -0.1) is 11.3 Å². The number of hydrogen-bond donors (Lipinski definition) is 0. The molecule has 0 saturated heterocycles. The molecule has 120 valence electrons. The van der Waals surface area contributed by atoms with E-state index >= 15 is 0 Å². The van der Waals surface area contributed by atoms with Gasteiger partial charge < -0.3 is 4.90 Å². The Morgan fingerprint density at radius 2 is 2.09 bits per heavy atom. The van der Waals surface area contributed by atoms with Gasteiger partial charge in [0.1, 0.15) is 0 Å². The quantitative estimate of drug-likeness (QED) is 0.410. The second-order valence-electron chi connectivity index (χ2n) is 5.30. The third kappa shape index (κ3) is 3.92. The fraction of sp³-hybridized carbons (Fsp3) is 0.353. The van der Waals surface area contributed by atoms with E-state index in [1.807, 2.05) is 39.0 Å². The zero-order valence-corrected chi connectivity index (χ0v) is 14.4. The predicted octanol–water partition coefficient (Wildman–Crippen LogP) is 5.17. The average molecular weight is 328 g/mol. The molecule has 0 aliphatic rings. The summed E-state index contributed by atoms with van der Waals surface area (Å²) in [5, 5.41) is 3.62. The van der Waals surface area contributed by atoms with Crippen molar-refractivity contribution in [2.24, 2.45) is 5.11 Å². The second kappa shape index (κ2) is 7.81. The number of carbonyl (C=O) groups excluding carboxylic acids is 1. The number of benzene rings is 1. The number of anilines is 1. The number of rotatable bonds is 6. The summed E-state index contributed by atoms with van der Waals surface area (Å²) in [6.07, 6.45) is 0.413. The van der Waals surface area contributed by atoms with Crippen LogP contribution in [0.4, 0.5) is 5.69 Å². The van der Waals surface area contributed by atoms with Crippen molar-refractivity contribution in [2.45, 2.75) is 33.2 Å². The summed E-state index contributed by atoms with van der Waals surface area (Å²) in [7, 11) is 0. The maximum absolute atomic E-state index is 12.4. The summed E-state index contributed by atoms with van der Waals surface area (Å²) in [5.74, 6) is 0.0335. The lowest BCUT2D eigenvalue weighted by Gasteiger charge is -2.28. The summed E-state index contributed by atoms with van der Waals surface area (Å²) >= 11 is 1.67. The molecular formula is C17H20N4OS. The molecular weight excluding hydrogens is 308 g/mol. The summed E-state index contributed by atoms with van der Waals surface area (Å²) in [5.41, 5.74) is 10.6. The molecule has 1 unspecified atom stereocenters. The van der Waals surface area contributed by atoms with Gasteiger partial charge in [-0.1, -0.05) is 42.4 Å². The van der Waals surface area contributed by atoms with Crippen molar-refractivity contribution in [1.82, 2.24) is 0 Å². The summed E-state index contributed by atoms with van der Waals surface area (Å²) in [4.78, 5) is 19.2. The molecule has 1 aromatic heterocycles.